The summed E-state index contributed by atoms with van der Waals surface area (Å²) < 4.78 is 43.4. The molecule has 1 aromatic heterocycles. The number of carbonyl (C=O) groups excluding carboxylic acids is 2. The minimum Gasteiger partial charge on any atom is -0.390 e. The van der Waals surface area contributed by atoms with E-state index in [0.717, 1.165) is 18.9 Å². The number of hydrogen-bond acceptors (Lipinski definition) is 4. The Bertz CT molecular complexity index is 1050. The van der Waals surface area contributed by atoms with E-state index in [1.165, 1.54) is 6.07 Å². The molecule has 1 fully saturated rings. The van der Waals surface area contributed by atoms with Crippen LogP contribution in [0.25, 0.3) is 11.0 Å². The van der Waals surface area contributed by atoms with Crippen LogP contribution in [-0.4, -0.2) is 38.2 Å². The summed E-state index contributed by atoms with van der Waals surface area (Å²) >= 11 is 11.9. The fraction of sp³-hybridized carbons (Fsp3) is 0.500. The van der Waals surface area contributed by atoms with E-state index in [-0.39, 0.29) is 39.9 Å². The third kappa shape index (κ3) is 3.21. The maximum Gasteiger partial charge on any atom is 0.440 e. The first-order valence-electron chi connectivity index (χ1n) is 9.26. The molecule has 1 aromatic carbocycles. The number of nitrogens with one attached hydrogen (secondary N) is 2. The molecular weight excluding hydrogens is 448 g/mol. The van der Waals surface area contributed by atoms with Crippen LogP contribution in [0, 0.1) is 0 Å². The number of nitrogens with zero attached hydrogens (tertiary/aromatic N) is 2. The lowest BCUT2D eigenvalue weighted by molar-refractivity contribution is -0.217. The summed E-state index contributed by atoms with van der Waals surface area (Å²) in [4.78, 5) is 29.0. The molecular formula is C18H17Cl2F3N4O3. The van der Waals surface area contributed by atoms with Gasteiger partial charge in [0, 0.05) is 6.42 Å². The molecule has 1 aliphatic heterocycles. The molecule has 1 saturated carbocycles. The van der Waals surface area contributed by atoms with E-state index in [9.17, 15) is 27.9 Å². The molecule has 12 heteroatoms. The molecule has 0 radical (unpaired) electrons. The van der Waals surface area contributed by atoms with Crippen molar-refractivity contribution in [2.24, 2.45) is 0 Å². The molecule has 1 atom stereocenters. The lowest BCUT2D eigenvalue weighted by atomic mass is 9.95. The average Bonchev–Trinajstić information content (AvgIpc) is 3.29. The molecule has 2 heterocycles. The zero-order valence-corrected chi connectivity index (χ0v) is 17.0. The van der Waals surface area contributed by atoms with Gasteiger partial charge in [-0.15, -0.1) is 0 Å². The van der Waals surface area contributed by atoms with Crippen LogP contribution < -0.4 is 10.6 Å². The molecule has 0 spiro atoms. The van der Waals surface area contributed by atoms with Crippen LogP contribution in [0.1, 0.15) is 38.5 Å². The Balaban J connectivity index is 1.73. The van der Waals surface area contributed by atoms with E-state index in [2.05, 4.69) is 10.3 Å². The summed E-state index contributed by atoms with van der Waals surface area (Å²) in [7, 11) is 0. The molecule has 1 aliphatic carbocycles. The number of amides is 2. The van der Waals surface area contributed by atoms with Gasteiger partial charge in [-0.2, -0.15) is 13.2 Å². The normalized spacial score (nSPS) is 22.9. The number of rotatable bonds is 4. The van der Waals surface area contributed by atoms with E-state index in [4.69, 9.17) is 23.2 Å². The van der Waals surface area contributed by atoms with Gasteiger partial charge in [-0.25, -0.2) is 4.98 Å². The van der Waals surface area contributed by atoms with E-state index in [1.807, 2.05) is 5.32 Å². The number of alkyl halides is 3. The second-order valence-corrected chi connectivity index (χ2v) is 8.48. The van der Waals surface area contributed by atoms with E-state index in [1.54, 1.807) is 0 Å². The number of benzene rings is 1. The minimum atomic E-state index is -5.19. The molecule has 3 N–H and O–H groups in total. The highest BCUT2D eigenvalue weighted by atomic mass is 35.5. The van der Waals surface area contributed by atoms with Crippen molar-refractivity contribution in [3.63, 3.8) is 0 Å². The lowest BCUT2D eigenvalue weighted by Gasteiger charge is -2.32. The van der Waals surface area contributed by atoms with Gasteiger partial charge in [-0.3, -0.25) is 19.5 Å². The van der Waals surface area contributed by atoms with Crippen molar-refractivity contribution in [1.29, 1.82) is 0 Å². The number of fused-ring (bicyclic) bond motifs is 3. The van der Waals surface area contributed by atoms with Crippen LogP contribution in [0.15, 0.2) is 12.1 Å². The summed E-state index contributed by atoms with van der Waals surface area (Å²) in [6, 6.07) is 2.43. The Labute approximate surface area is 178 Å². The van der Waals surface area contributed by atoms with Crippen molar-refractivity contribution in [3.05, 3.63) is 22.2 Å². The van der Waals surface area contributed by atoms with Crippen LogP contribution in [0.2, 0.25) is 10.0 Å². The highest BCUT2D eigenvalue weighted by Crippen LogP contribution is 2.45. The van der Waals surface area contributed by atoms with Gasteiger partial charge in [0.05, 0.1) is 26.7 Å². The maximum absolute atomic E-state index is 14.3. The monoisotopic (exact) mass is 464 g/mol. The molecule has 7 nitrogen and oxygen atoms in total. The molecule has 2 aliphatic rings. The molecule has 162 valence electrons. The standard InChI is InChI=1S/C18H17Cl2F3N4O3/c19-9-7-11-12(8-10(9)20)27-15(24-11)25-14(29)17(27,18(21,22)23)26-13(28)3-6-16(30)4-1-2-5-16/h7-8,30H,1-6H2,(H,26,28)(H,24,25,29). The maximum atomic E-state index is 14.3. The number of aliphatic hydroxyl groups is 1. The SMILES string of the molecule is O=C(CCC1(O)CCCC1)NC1(C(F)(F)F)C(=O)Nc2nc3cc(Cl)c(Cl)cc3n21. The Morgan fingerprint density at radius 2 is 1.90 bits per heavy atom. The third-order valence-electron chi connectivity index (χ3n) is 5.67. The smallest absolute Gasteiger partial charge is 0.390 e. The van der Waals surface area contributed by atoms with Gasteiger partial charge in [0.25, 0.3) is 11.6 Å². The highest BCUT2D eigenvalue weighted by molar-refractivity contribution is 6.42. The first-order chi connectivity index (χ1) is 14.0. The number of anilines is 1. The number of hydrogen-bond donors (Lipinski definition) is 3. The molecule has 2 amide bonds. The molecule has 0 saturated heterocycles. The second-order valence-electron chi connectivity index (χ2n) is 7.67. The zero-order valence-electron chi connectivity index (χ0n) is 15.4. The van der Waals surface area contributed by atoms with Crippen LogP contribution in [-0.2, 0) is 15.3 Å². The minimum absolute atomic E-state index is 0.00730. The van der Waals surface area contributed by atoms with Gasteiger partial charge in [-0.1, -0.05) is 36.0 Å². The van der Waals surface area contributed by atoms with Crippen molar-refractivity contribution in [1.82, 2.24) is 14.9 Å². The third-order valence-corrected chi connectivity index (χ3v) is 6.39. The Morgan fingerprint density at radius 1 is 1.27 bits per heavy atom. The van der Waals surface area contributed by atoms with Crippen molar-refractivity contribution < 1.29 is 27.9 Å². The van der Waals surface area contributed by atoms with Gasteiger partial charge in [-0.05, 0) is 31.4 Å². The summed E-state index contributed by atoms with van der Waals surface area (Å²) in [6.45, 7) is 0. The van der Waals surface area contributed by atoms with E-state index >= 15 is 0 Å². The van der Waals surface area contributed by atoms with E-state index < -0.39 is 29.3 Å². The van der Waals surface area contributed by atoms with Crippen LogP contribution in [0.5, 0.6) is 0 Å². The molecule has 0 bridgehead atoms. The van der Waals surface area contributed by atoms with Gasteiger partial charge in [0.15, 0.2) is 0 Å². The van der Waals surface area contributed by atoms with Crippen molar-refractivity contribution >= 4 is 52.0 Å². The molecule has 4 rings (SSSR count). The first kappa shape index (κ1) is 21.2. The highest BCUT2D eigenvalue weighted by Gasteiger charge is 2.67. The van der Waals surface area contributed by atoms with Crippen LogP contribution in [0.4, 0.5) is 19.1 Å². The van der Waals surface area contributed by atoms with E-state index in [0.29, 0.717) is 17.4 Å². The van der Waals surface area contributed by atoms with Gasteiger partial charge in [0.2, 0.25) is 11.9 Å². The van der Waals surface area contributed by atoms with Crippen LogP contribution in [0.3, 0.4) is 0 Å². The quantitative estimate of drug-likeness (QED) is 0.642. The Morgan fingerprint density at radius 3 is 2.53 bits per heavy atom. The number of imidazole rings is 1. The number of carbonyl (C=O) groups is 2. The van der Waals surface area contributed by atoms with Gasteiger partial charge in [0.1, 0.15) is 0 Å². The number of halogens is 5. The summed E-state index contributed by atoms with van der Waals surface area (Å²) in [5.41, 5.74) is -4.52. The average molecular weight is 465 g/mol. The Hall–Kier alpha value is -2.04. The predicted octanol–water partition coefficient (Wildman–Crippen LogP) is 3.71. The molecule has 30 heavy (non-hydrogen) atoms. The second kappa shape index (κ2) is 7.00. The number of aromatic nitrogens is 2. The van der Waals surface area contributed by atoms with Crippen molar-refractivity contribution in [2.75, 3.05) is 5.32 Å². The zero-order chi connectivity index (χ0) is 21.9. The van der Waals surface area contributed by atoms with Gasteiger partial charge >= 0.3 is 6.18 Å². The fourth-order valence-corrected chi connectivity index (χ4v) is 4.44. The van der Waals surface area contributed by atoms with Crippen molar-refractivity contribution in [2.45, 2.75) is 56.0 Å². The first-order valence-corrected chi connectivity index (χ1v) is 10.0. The summed E-state index contributed by atoms with van der Waals surface area (Å²) in [5.74, 6) is -2.89. The van der Waals surface area contributed by atoms with Crippen molar-refractivity contribution in [3.8, 4) is 0 Å². The molecule has 1 unspecified atom stereocenters. The molecule has 2 aromatic rings. The lowest BCUT2D eigenvalue weighted by Crippen LogP contribution is -2.63. The predicted molar refractivity (Wildman–Crippen MR) is 103 cm³/mol. The fourth-order valence-electron chi connectivity index (χ4n) is 4.12. The summed E-state index contributed by atoms with van der Waals surface area (Å²) in [5, 5.41) is 14.4. The topological polar surface area (TPSA) is 96.2 Å². The largest absolute Gasteiger partial charge is 0.440 e. The van der Waals surface area contributed by atoms with Gasteiger partial charge < -0.3 is 10.4 Å². The Kier molecular flexibility index (Phi) is 4.94. The summed E-state index contributed by atoms with van der Waals surface area (Å²) in [6.07, 6.45) is -2.99. The van der Waals surface area contributed by atoms with Crippen LogP contribution >= 0.6 is 23.2 Å².